The van der Waals surface area contributed by atoms with E-state index in [1.807, 2.05) is 45.7 Å². The number of carbonyl (C=O) groups is 2. The predicted octanol–water partition coefficient (Wildman–Crippen LogP) is 3.93. The molecule has 2 aromatic rings. The summed E-state index contributed by atoms with van der Waals surface area (Å²) in [4.78, 5) is 37.9. The molecule has 1 aromatic heterocycles. The molecule has 2 amide bonds. The van der Waals surface area contributed by atoms with Gasteiger partial charge in [0.1, 0.15) is 11.9 Å². The first-order valence-electron chi connectivity index (χ1n) is 15.3. The Morgan fingerprint density at radius 2 is 1.75 bits per heavy atom. The van der Waals surface area contributed by atoms with Crippen molar-refractivity contribution in [2.75, 3.05) is 48.8 Å². The first kappa shape index (κ1) is 32.0. The number of amides is 2. The summed E-state index contributed by atoms with van der Waals surface area (Å²) in [5.74, 6) is 1.10. The summed E-state index contributed by atoms with van der Waals surface area (Å²) >= 11 is 0. The summed E-state index contributed by atoms with van der Waals surface area (Å²) in [6.45, 7) is 10.1. The van der Waals surface area contributed by atoms with E-state index in [0.29, 0.717) is 42.4 Å². The molecule has 4 heterocycles. The van der Waals surface area contributed by atoms with Gasteiger partial charge < -0.3 is 30.0 Å². The van der Waals surface area contributed by atoms with Crippen molar-refractivity contribution in [3.05, 3.63) is 36.4 Å². The third-order valence-electron chi connectivity index (χ3n) is 9.24. The van der Waals surface area contributed by atoms with Crippen LogP contribution in [0, 0.1) is 5.41 Å². The third kappa shape index (κ3) is 6.50. The lowest BCUT2D eigenvalue weighted by Crippen LogP contribution is -2.61. The largest absolute Gasteiger partial charge is 0.465 e. The lowest BCUT2D eigenvalue weighted by Gasteiger charge is -2.50. The molecule has 0 saturated carbocycles. The third-order valence-corrected chi connectivity index (χ3v) is 10.8. The van der Waals surface area contributed by atoms with Crippen molar-refractivity contribution in [2.45, 2.75) is 82.4 Å². The molecule has 0 aliphatic carbocycles. The van der Waals surface area contributed by atoms with Gasteiger partial charge in [-0.1, -0.05) is 26.8 Å². The van der Waals surface area contributed by atoms with Crippen LogP contribution in [0.4, 0.5) is 27.8 Å². The lowest BCUT2D eigenvalue weighted by atomic mass is 9.78. The van der Waals surface area contributed by atoms with E-state index in [2.05, 4.69) is 14.9 Å². The maximum absolute atomic E-state index is 13.3. The predicted molar refractivity (Wildman–Crippen MR) is 171 cm³/mol. The van der Waals surface area contributed by atoms with Gasteiger partial charge in [0.2, 0.25) is 15.9 Å². The number of hydrogen-bond acceptors (Lipinski definition) is 8. The normalized spacial score (nSPS) is 23.9. The molecule has 2 fully saturated rings. The maximum Gasteiger partial charge on any atom is 0.407 e. The average molecular weight is 628 g/mol. The van der Waals surface area contributed by atoms with E-state index in [4.69, 9.17) is 4.98 Å². The minimum Gasteiger partial charge on any atom is -0.465 e. The molecule has 44 heavy (non-hydrogen) atoms. The highest BCUT2D eigenvalue weighted by atomic mass is 32.2. The highest BCUT2D eigenvalue weighted by Gasteiger charge is 2.45. The molecular weight excluding hydrogens is 582 g/mol. The summed E-state index contributed by atoms with van der Waals surface area (Å²) in [5.41, 5.74) is 0.959. The number of carboxylic acid groups (broad SMARTS) is 1. The van der Waals surface area contributed by atoms with Crippen LogP contribution in [-0.4, -0.2) is 98.2 Å². The monoisotopic (exact) mass is 627 g/mol. The number of piperidine rings is 2. The highest BCUT2D eigenvalue weighted by molar-refractivity contribution is 7.89. The number of rotatable bonds is 6. The molecule has 3 aliphatic rings. The number of nitrogens with zero attached hydrogens (tertiary/aromatic N) is 5. The summed E-state index contributed by atoms with van der Waals surface area (Å²) in [6.07, 6.45) is 1.75. The van der Waals surface area contributed by atoms with E-state index in [0.717, 1.165) is 25.9 Å². The zero-order valence-electron chi connectivity index (χ0n) is 26.4. The molecule has 3 aliphatic heterocycles. The highest BCUT2D eigenvalue weighted by Crippen LogP contribution is 2.41. The van der Waals surface area contributed by atoms with Gasteiger partial charge in [0.25, 0.3) is 0 Å². The van der Waals surface area contributed by atoms with Gasteiger partial charge in [-0.3, -0.25) is 4.79 Å². The van der Waals surface area contributed by atoms with Crippen LogP contribution < -0.4 is 19.8 Å². The van der Waals surface area contributed by atoms with Crippen LogP contribution in [0.2, 0.25) is 0 Å². The fraction of sp³-hybridized carbons (Fsp3) is 0.581. The first-order chi connectivity index (χ1) is 20.7. The molecule has 2 saturated heterocycles. The molecule has 240 valence electrons. The number of anilines is 4. The maximum atomic E-state index is 13.3. The van der Waals surface area contributed by atoms with E-state index < -0.39 is 22.2 Å². The summed E-state index contributed by atoms with van der Waals surface area (Å²) in [7, 11) is 0.0676. The Kier molecular flexibility index (Phi) is 8.85. The Morgan fingerprint density at radius 1 is 1.05 bits per heavy atom. The molecule has 0 spiro atoms. The van der Waals surface area contributed by atoms with Gasteiger partial charge in [-0.05, 0) is 88.5 Å². The number of fused-ring (bicyclic) bond motifs is 1. The number of pyridine rings is 1. The Balaban J connectivity index is 1.41. The standard InChI is InChI=1S/C31H45N7O5S/c1-20-29(39)36(6)25-10-11-27(33-28(25)38(20)23-14-17-37(30(40)41)26(19-23)31(2,3)4)32-22-8-7-9-24(18-22)44(42,43)34-21-12-15-35(5)16-13-21/h7-11,18,20-21,23,26,34H,12-17,19H2,1-6H3,(H,32,33)(H,40,41)/t20-,23?,26?/m1/s1. The molecule has 13 heteroatoms. The van der Waals surface area contributed by atoms with E-state index >= 15 is 0 Å². The van der Waals surface area contributed by atoms with Crippen LogP contribution in [0.1, 0.15) is 53.4 Å². The topological polar surface area (TPSA) is 138 Å². The second-order valence-electron chi connectivity index (χ2n) is 13.4. The van der Waals surface area contributed by atoms with Crippen LogP contribution in [-0.2, 0) is 14.8 Å². The van der Waals surface area contributed by atoms with Crippen molar-refractivity contribution in [3.63, 3.8) is 0 Å². The molecule has 2 unspecified atom stereocenters. The number of likely N-dealkylation sites (tertiary alicyclic amines) is 2. The Bertz CT molecular complexity index is 1500. The minimum absolute atomic E-state index is 0.0528. The molecule has 3 atom stereocenters. The molecule has 1 aromatic carbocycles. The molecule has 0 radical (unpaired) electrons. The van der Waals surface area contributed by atoms with Gasteiger partial charge >= 0.3 is 6.09 Å². The Morgan fingerprint density at radius 3 is 2.41 bits per heavy atom. The lowest BCUT2D eigenvalue weighted by molar-refractivity contribution is -0.119. The number of likely N-dealkylation sites (N-methyl/N-ethyl adjacent to an activating group) is 1. The van der Waals surface area contributed by atoms with E-state index in [1.54, 1.807) is 42.3 Å². The molecular formula is C31H45N7O5S. The SMILES string of the molecule is C[C@@H]1C(=O)N(C)c2ccc(Nc3cccc(S(=O)(=O)NC4CCN(C)CC4)c3)nc2N1C1CCN(C(=O)O)C(C(C)(C)C)C1. The van der Waals surface area contributed by atoms with Crippen molar-refractivity contribution >= 4 is 45.0 Å². The first-order valence-corrected chi connectivity index (χ1v) is 16.8. The van der Waals surface area contributed by atoms with Crippen LogP contribution >= 0.6 is 0 Å². The average Bonchev–Trinajstić information content (AvgIpc) is 2.97. The number of hydrogen-bond donors (Lipinski definition) is 3. The number of sulfonamides is 1. The molecule has 12 nitrogen and oxygen atoms in total. The van der Waals surface area contributed by atoms with Gasteiger partial charge in [0.15, 0.2) is 5.82 Å². The summed E-state index contributed by atoms with van der Waals surface area (Å²) in [5, 5.41) is 13.1. The number of nitrogens with one attached hydrogen (secondary N) is 2. The Labute approximate surface area is 260 Å². The van der Waals surface area contributed by atoms with Crippen molar-refractivity contribution in [2.24, 2.45) is 5.41 Å². The zero-order valence-corrected chi connectivity index (χ0v) is 27.3. The van der Waals surface area contributed by atoms with E-state index in [9.17, 15) is 23.1 Å². The van der Waals surface area contributed by atoms with E-state index in [1.165, 1.54) is 4.90 Å². The number of benzene rings is 1. The van der Waals surface area contributed by atoms with Gasteiger partial charge in [0.05, 0.1) is 10.6 Å². The Hall–Kier alpha value is -3.42. The second-order valence-corrected chi connectivity index (χ2v) is 15.1. The van der Waals surface area contributed by atoms with Crippen molar-refractivity contribution < 1.29 is 23.1 Å². The number of aromatic nitrogens is 1. The fourth-order valence-electron chi connectivity index (χ4n) is 6.71. The summed E-state index contributed by atoms with van der Waals surface area (Å²) < 4.78 is 29.3. The zero-order chi connectivity index (χ0) is 32.0. The molecule has 0 bridgehead atoms. The van der Waals surface area contributed by atoms with Crippen LogP contribution in [0.3, 0.4) is 0 Å². The van der Waals surface area contributed by atoms with Crippen molar-refractivity contribution in [3.8, 4) is 0 Å². The summed E-state index contributed by atoms with van der Waals surface area (Å²) in [6, 6.07) is 9.40. The number of carbonyl (C=O) groups excluding carboxylic acids is 1. The minimum atomic E-state index is -3.71. The van der Waals surface area contributed by atoms with Crippen LogP contribution in [0.15, 0.2) is 41.3 Å². The molecule has 5 rings (SSSR count). The van der Waals surface area contributed by atoms with E-state index in [-0.39, 0.29) is 34.3 Å². The van der Waals surface area contributed by atoms with Gasteiger partial charge in [-0.25, -0.2) is 22.9 Å². The smallest absolute Gasteiger partial charge is 0.407 e. The molecule has 3 N–H and O–H groups in total. The van der Waals surface area contributed by atoms with Crippen molar-refractivity contribution in [1.29, 1.82) is 0 Å². The second kappa shape index (κ2) is 12.2. The van der Waals surface area contributed by atoms with Crippen LogP contribution in [0.25, 0.3) is 0 Å². The van der Waals surface area contributed by atoms with Gasteiger partial charge in [-0.15, -0.1) is 0 Å². The van der Waals surface area contributed by atoms with Gasteiger partial charge in [-0.2, -0.15) is 0 Å². The van der Waals surface area contributed by atoms with Crippen molar-refractivity contribution in [1.82, 2.24) is 19.5 Å². The van der Waals surface area contributed by atoms with Gasteiger partial charge in [0, 0.05) is 37.4 Å². The quantitative estimate of drug-likeness (QED) is 0.435. The fourth-order valence-corrected chi connectivity index (χ4v) is 8.06. The van der Waals surface area contributed by atoms with Crippen LogP contribution in [0.5, 0.6) is 0 Å².